The summed E-state index contributed by atoms with van der Waals surface area (Å²) in [5.74, 6) is -1.98. The third kappa shape index (κ3) is 3.36. The van der Waals surface area contributed by atoms with Crippen molar-refractivity contribution in [3.8, 4) is 5.75 Å². The van der Waals surface area contributed by atoms with Crippen LogP contribution in [0.15, 0.2) is 47.4 Å². The molecular weight excluding hydrogens is 282 g/mol. The van der Waals surface area contributed by atoms with E-state index in [9.17, 15) is 13.6 Å². The Morgan fingerprint density at radius 2 is 1.80 bits per heavy atom. The van der Waals surface area contributed by atoms with E-state index in [1.165, 1.54) is 11.8 Å². The Kier molecular flexibility index (Phi) is 4.74. The van der Waals surface area contributed by atoms with Crippen molar-refractivity contribution in [2.75, 3.05) is 12.9 Å². The van der Waals surface area contributed by atoms with Crippen molar-refractivity contribution in [3.05, 3.63) is 59.7 Å². The van der Waals surface area contributed by atoms with E-state index in [1.54, 1.807) is 36.6 Å². The van der Waals surface area contributed by atoms with Crippen LogP contribution in [0, 0.1) is 11.6 Å². The highest BCUT2D eigenvalue weighted by Crippen LogP contribution is 2.30. The van der Waals surface area contributed by atoms with Crippen LogP contribution in [-0.2, 0) is 0 Å². The molecule has 0 aliphatic carbocycles. The van der Waals surface area contributed by atoms with Gasteiger partial charge in [0.15, 0.2) is 24.0 Å². The number of thioether (sulfide) groups is 1. The van der Waals surface area contributed by atoms with E-state index in [0.29, 0.717) is 10.5 Å². The topological polar surface area (TPSA) is 26.3 Å². The molecule has 0 saturated heterocycles. The van der Waals surface area contributed by atoms with Gasteiger partial charge in [-0.15, -0.1) is 11.8 Å². The number of hydrogen-bond acceptors (Lipinski definition) is 3. The second-order valence-electron chi connectivity index (χ2n) is 4.00. The first-order valence-corrected chi connectivity index (χ1v) is 7.08. The zero-order valence-electron chi connectivity index (χ0n) is 10.7. The van der Waals surface area contributed by atoms with E-state index >= 15 is 0 Å². The van der Waals surface area contributed by atoms with Gasteiger partial charge in [0, 0.05) is 11.6 Å². The summed E-state index contributed by atoms with van der Waals surface area (Å²) in [4.78, 5) is 12.3. The minimum atomic E-state index is -0.995. The quantitative estimate of drug-likeness (QED) is 0.617. The fraction of sp³-hybridized carbons (Fsp3) is 0.133. The summed E-state index contributed by atoms with van der Waals surface area (Å²) in [6.45, 7) is -0.220. The normalized spacial score (nSPS) is 10.3. The number of rotatable bonds is 5. The van der Waals surface area contributed by atoms with E-state index in [4.69, 9.17) is 4.74 Å². The third-order valence-electron chi connectivity index (χ3n) is 2.66. The molecule has 0 saturated carbocycles. The fourth-order valence-corrected chi connectivity index (χ4v) is 2.17. The third-order valence-corrected chi connectivity index (χ3v) is 3.42. The van der Waals surface area contributed by atoms with Gasteiger partial charge in [-0.2, -0.15) is 0 Å². The maximum absolute atomic E-state index is 13.2. The standard InChI is InChI=1S/C15H12F2O2S/c1-20-15-8-12(17)11(16)7-14(15)19-9-13(18)10-5-3-2-4-6-10/h2-8H,9H2,1H3. The minimum absolute atomic E-state index is 0.167. The molecule has 0 aliphatic rings. The maximum Gasteiger partial charge on any atom is 0.200 e. The zero-order chi connectivity index (χ0) is 14.5. The predicted octanol–water partition coefficient (Wildman–Crippen LogP) is 3.95. The van der Waals surface area contributed by atoms with Crippen LogP contribution in [0.25, 0.3) is 0 Å². The van der Waals surface area contributed by atoms with Crippen molar-refractivity contribution in [3.63, 3.8) is 0 Å². The average molecular weight is 294 g/mol. The van der Waals surface area contributed by atoms with Crippen molar-refractivity contribution < 1.29 is 18.3 Å². The molecule has 0 spiro atoms. The number of ether oxygens (including phenoxy) is 1. The van der Waals surface area contributed by atoms with Gasteiger partial charge >= 0.3 is 0 Å². The van der Waals surface area contributed by atoms with Gasteiger partial charge in [0.2, 0.25) is 0 Å². The molecule has 0 fully saturated rings. The van der Waals surface area contributed by atoms with E-state index in [-0.39, 0.29) is 18.1 Å². The van der Waals surface area contributed by atoms with Gasteiger partial charge < -0.3 is 4.74 Å². The van der Waals surface area contributed by atoms with Crippen LogP contribution in [0.2, 0.25) is 0 Å². The molecule has 2 nitrogen and oxygen atoms in total. The van der Waals surface area contributed by atoms with E-state index < -0.39 is 11.6 Å². The summed E-state index contributed by atoms with van der Waals surface area (Å²) in [6, 6.07) is 10.7. The van der Waals surface area contributed by atoms with Crippen LogP contribution in [0.1, 0.15) is 10.4 Å². The van der Waals surface area contributed by atoms with Crippen LogP contribution in [0.3, 0.4) is 0 Å². The lowest BCUT2D eigenvalue weighted by Crippen LogP contribution is -2.12. The van der Waals surface area contributed by atoms with Crippen LogP contribution < -0.4 is 4.74 Å². The Balaban J connectivity index is 2.11. The molecule has 104 valence electrons. The maximum atomic E-state index is 13.2. The molecule has 20 heavy (non-hydrogen) atoms. The molecule has 5 heteroatoms. The minimum Gasteiger partial charge on any atom is -0.484 e. The van der Waals surface area contributed by atoms with Crippen LogP contribution in [0.4, 0.5) is 8.78 Å². The summed E-state index contributed by atoms with van der Waals surface area (Å²) in [7, 11) is 0. The summed E-state index contributed by atoms with van der Waals surface area (Å²) >= 11 is 1.22. The highest BCUT2D eigenvalue weighted by atomic mass is 32.2. The number of halogens is 2. The number of benzene rings is 2. The molecule has 0 unspecified atom stereocenters. The molecule has 2 aromatic rings. The van der Waals surface area contributed by atoms with E-state index in [2.05, 4.69) is 0 Å². The first-order valence-electron chi connectivity index (χ1n) is 5.86. The molecule has 0 amide bonds. The Labute approximate surface area is 119 Å². The SMILES string of the molecule is CSc1cc(F)c(F)cc1OCC(=O)c1ccccc1. The van der Waals surface area contributed by atoms with Gasteiger partial charge in [-0.1, -0.05) is 30.3 Å². The van der Waals surface area contributed by atoms with Gasteiger partial charge in [-0.25, -0.2) is 8.78 Å². The Bertz CT molecular complexity index is 615. The molecule has 2 aromatic carbocycles. The predicted molar refractivity (Wildman–Crippen MR) is 74.4 cm³/mol. The summed E-state index contributed by atoms with van der Waals surface area (Å²) in [6.07, 6.45) is 1.72. The summed E-state index contributed by atoms with van der Waals surface area (Å²) in [5.41, 5.74) is 0.515. The van der Waals surface area contributed by atoms with Crippen molar-refractivity contribution in [1.82, 2.24) is 0 Å². The number of hydrogen-bond donors (Lipinski definition) is 0. The van der Waals surface area contributed by atoms with Gasteiger partial charge in [0.05, 0.1) is 4.90 Å². The van der Waals surface area contributed by atoms with Crippen LogP contribution in [0.5, 0.6) is 5.75 Å². The van der Waals surface area contributed by atoms with Crippen molar-refractivity contribution in [2.45, 2.75) is 4.90 Å². The number of ketones is 1. The lowest BCUT2D eigenvalue weighted by atomic mass is 10.1. The van der Waals surface area contributed by atoms with Gasteiger partial charge in [-0.05, 0) is 12.3 Å². The average Bonchev–Trinajstić information content (AvgIpc) is 2.48. The molecular formula is C15H12F2O2S. The van der Waals surface area contributed by atoms with Crippen LogP contribution in [-0.4, -0.2) is 18.6 Å². The number of Topliss-reactive ketones (excluding diaryl/α,β-unsaturated/α-hetero) is 1. The van der Waals surface area contributed by atoms with Gasteiger partial charge in [-0.3, -0.25) is 4.79 Å². The lowest BCUT2D eigenvalue weighted by Gasteiger charge is -2.10. The number of carbonyl (C=O) groups excluding carboxylic acids is 1. The highest BCUT2D eigenvalue weighted by Gasteiger charge is 2.12. The molecule has 2 rings (SSSR count). The van der Waals surface area contributed by atoms with Gasteiger partial charge in [0.1, 0.15) is 5.75 Å². The van der Waals surface area contributed by atoms with Crippen LogP contribution >= 0.6 is 11.8 Å². The fourth-order valence-electron chi connectivity index (χ4n) is 1.63. The second kappa shape index (κ2) is 6.52. The van der Waals surface area contributed by atoms with Crippen molar-refractivity contribution in [1.29, 1.82) is 0 Å². The molecule has 0 atom stereocenters. The van der Waals surface area contributed by atoms with Crippen molar-refractivity contribution in [2.24, 2.45) is 0 Å². The lowest BCUT2D eigenvalue weighted by molar-refractivity contribution is 0.0919. The Morgan fingerprint density at radius 3 is 2.45 bits per heavy atom. The Hall–Kier alpha value is -1.88. The van der Waals surface area contributed by atoms with Gasteiger partial charge in [0.25, 0.3) is 0 Å². The largest absolute Gasteiger partial charge is 0.484 e. The Morgan fingerprint density at radius 1 is 1.15 bits per heavy atom. The first kappa shape index (κ1) is 14.5. The monoisotopic (exact) mass is 294 g/mol. The van der Waals surface area contributed by atoms with Crippen molar-refractivity contribution >= 4 is 17.5 Å². The first-order chi connectivity index (χ1) is 9.61. The highest BCUT2D eigenvalue weighted by molar-refractivity contribution is 7.98. The molecule has 0 aromatic heterocycles. The summed E-state index contributed by atoms with van der Waals surface area (Å²) < 4.78 is 31.6. The summed E-state index contributed by atoms with van der Waals surface area (Å²) in [5, 5.41) is 0. The molecule has 0 radical (unpaired) electrons. The smallest absolute Gasteiger partial charge is 0.200 e. The molecule has 0 heterocycles. The van der Waals surface area contributed by atoms with E-state index in [0.717, 1.165) is 12.1 Å². The second-order valence-corrected chi connectivity index (χ2v) is 4.84. The number of carbonyl (C=O) groups is 1. The molecule has 0 N–H and O–H groups in total. The van der Waals surface area contributed by atoms with E-state index in [1.807, 2.05) is 0 Å². The molecule has 0 aliphatic heterocycles. The molecule has 0 bridgehead atoms. The zero-order valence-corrected chi connectivity index (χ0v) is 11.5.